The number of nitrogens with one attached hydrogen (secondary N) is 1. The van der Waals surface area contributed by atoms with E-state index < -0.39 is 5.97 Å². The van der Waals surface area contributed by atoms with E-state index in [-0.39, 0.29) is 0 Å². The molecule has 1 heterocycles. The van der Waals surface area contributed by atoms with Gasteiger partial charge in [-0.05, 0) is 18.9 Å². The van der Waals surface area contributed by atoms with E-state index in [1.807, 2.05) is 0 Å². The topological polar surface area (TPSA) is 62.2 Å². The summed E-state index contributed by atoms with van der Waals surface area (Å²) in [4.78, 5) is 15.0. The van der Waals surface area contributed by atoms with E-state index in [0.717, 1.165) is 12.8 Å². The van der Waals surface area contributed by atoms with E-state index in [4.69, 9.17) is 5.11 Å². The Morgan fingerprint density at radius 3 is 2.81 bits per heavy atom. The largest absolute Gasteiger partial charge is 0.478 e. The van der Waals surface area contributed by atoms with Crippen molar-refractivity contribution in [2.24, 2.45) is 0 Å². The van der Waals surface area contributed by atoms with Gasteiger partial charge in [-0.1, -0.05) is 19.3 Å². The van der Waals surface area contributed by atoms with Gasteiger partial charge in [0.25, 0.3) is 0 Å². The highest BCUT2D eigenvalue weighted by molar-refractivity contribution is 5.93. The molecule has 16 heavy (non-hydrogen) atoms. The lowest BCUT2D eigenvalue weighted by Crippen LogP contribution is -2.23. The normalized spacial score (nSPS) is 17.0. The van der Waals surface area contributed by atoms with Gasteiger partial charge in [-0.2, -0.15) is 0 Å². The van der Waals surface area contributed by atoms with Crippen LogP contribution in [0.15, 0.2) is 18.5 Å². The van der Waals surface area contributed by atoms with Crippen molar-refractivity contribution in [2.45, 2.75) is 38.1 Å². The van der Waals surface area contributed by atoms with Crippen LogP contribution in [0.1, 0.15) is 42.5 Å². The number of carboxylic acids is 1. The van der Waals surface area contributed by atoms with Gasteiger partial charge in [0.1, 0.15) is 0 Å². The third-order valence-electron chi connectivity index (χ3n) is 3.02. The zero-order chi connectivity index (χ0) is 11.4. The molecule has 0 aliphatic heterocycles. The second-order valence-corrected chi connectivity index (χ2v) is 4.21. The Bertz CT molecular complexity index is 373. The first kappa shape index (κ1) is 10.9. The van der Waals surface area contributed by atoms with Gasteiger partial charge in [0.15, 0.2) is 0 Å². The molecule has 0 spiro atoms. The van der Waals surface area contributed by atoms with Crippen LogP contribution in [0.25, 0.3) is 0 Å². The number of anilines is 1. The number of hydrogen-bond acceptors (Lipinski definition) is 3. The van der Waals surface area contributed by atoms with Crippen molar-refractivity contribution in [3.05, 3.63) is 24.0 Å². The summed E-state index contributed by atoms with van der Waals surface area (Å²) in [6.45, 7) is 0. The second kappa shape index (κ2) is 4.96. The summed E-state index contributed by atoms with van der Waals surface area (Å²) in [7, 11) is 0. The van der Waals surface area contributed by atoms with E-state index in [1.165, 1.54) is 31.5 Å². The molecule has 1 aliphatic rings. The average Bonchev–Trinajstić information content (AvgIpc) is 2.31. The average molecular weight is 220 g/mol. The van der Waals surface area contributed by atoms with Gasteiger partial charge in [-0.25, -0.2) is 4.79 Å². The molecule has 1 aromatic heterocycles. The van der Waals surface area contributed by atoms with Crippen molar-refractivity contribution < 1.29 is 9.90 Å². The smallest absolute Gasteiger partial charge is 0.337 e. The summed E-state index contributed by atoms with van der Waals surface area (Å²) in [6, 6.07) is 1.93. The Hall–Kier alpha value is -1.58. The van der Waals surface area contributed by atoms with Gasteiger partial charge in [-0.15, -0.1) is 0 Å². The maximum atomic E-state index is 11.0. The van der Waals surface area contributed by atoms with Crippen LogP contribution in [-0.4, -0.2) is 22.1 Å². The molecular formula is C12H16N2O2. The van der Waals surface area contributed by atoms with Gasteiger partial charge in [0, 0.05) is 12.2 Å². The number of hydrogen-bond donors (Lipinski definition) is 2. The number of pyridine rings is 1. The monoisotopic (exact) mass is 220 g/mol. The molecule has 0 atom stereocenters. The third-order valence-corrected chi connectivity index (χ3v) is 3.02. The summed E-state index contributed by atoms with van der Waals surface area (Å²) in [5.74, 6) is -0.902. The number of carboxylic acid groups (broad SMARTS) is 1. The Morgan fingerprint density at radius 1 is 1.38 bits per heavy atom. The number of carbonyl (C=O) groups is 1. The van der Waals surface area contributed by atoms with Crippen molar-refractivity contribution in [3.63, 3.8) is 0 Å². The highest BCUT2D eigenvalue weighted by atomic mass is 16.4. The van der Waals surface area contributed by atoms with Gasteiger partial charge in [-0.3, -0.25) is 4.98 Å². The Labute approximate surface area is 94.7 Å². The van der Waals surface area contributed by atoms with Crippen molar-refractivity contribution in [3.8, 4) is 0 Å². The number of rotatable bonds is 3. The molecule has 86 valence electrons. The van der Waals surface area contributed by atoms with Crippen molar-refractivity contribution in [2.75, 3.05) is 5.32 Å². The predicted octanol–water partition coefficient (Wildman–Crippen LogP) is 2.52. The first-order chi connectivity index (χ1) is 7.77. The van der Waals surface area contributed by atoms with Crippen LogP contribution in [0.3, 0.4) is 0 Å². The lowest BCUT2D eigenvalue weighted by Gasteiger charge is -2.24. The minimum absolute atomic E-state index is 0.306. The highest BCUT2D eigenvalue weighted by Gasteiger charge is 2.16. The van der Waals surface area contributed by atoms with Crippen LogP contribution in [-0.2, 0) is 0 Å². The molecule has 0 saturated heterocycles. The van der Waals surface area contributed by atoms with Crippen molar-refractivity contribution in [1.29, 1.82) is 0 Å². The van der Waals surface area contributed by atoms with Gasteiger partial charge >= 0.3 is 5.97 Å². The fourth-order valence-corrected chi connectivity index (χ4v) is 2.16. The molecule has 1 fully saturated rings. The highest BCUT2D eigenvalue weighted by Crippen LogP contribution is 2.23. The number of aromatic carboxylic acids is 1. The van der Waals surface area contributed by atoms with Crippen LogP contribution in [0.2, 0.25) is 0 Å². The fourth-order valence-electron chi connectivity index (χ4n) is 2.16. The first-order valence-electron chi connectivity index (χ1n) is 5.71. The Kier molecular flexibility index (Phi) is 3.39. The summed E-state index contributed by atoms with van der Waals surface area (Å²) in [5, 5.41) is 12.3. The minimum Gasteiger partial charge on any atom is -0.478 e. The van der Waals surface area contributed by atoms with Crippen LogP contribution in [0, 0.1) is 0 Å². The molecule has 0 aromatic carbocycles. The fraction of sp³-hybridized carbons (Fsp3) is 0.500. The predicted molar refractivity (Wildman–Crippen MR) is 61.7 cm³/mol. The summed E-state index contributed by atoms with van der Waals surface area (Å²) in [6.07, 6.45) is 9.08. The molecule has 1 aliphatic carbocycles. The number of aromatic nitrogens is 1. The molecule has 4 nitrogen and oxygen atoms in total. The van der Waals surface area contributed by atoms with Crippen LogP contribution in [0.5, 0.6) is 0 Å². The zero-order valence-corrected chi connectivity index (χ0v) is 9.15. The molecule has 2 rings (SSSR count). The molecule has 4 heteroatoms. The molecule has 0 radical (unpaired) electrons. The number of nitrogens with zero attached hydrogens (tertiary/aromatic N) is 1. The lowest BCUT2D eigenvalue weighted by molar-refractivity contribution is 0.0697. The summed E-state index contributed by atoms with van der Waals surface area (Å²) in [5.41, 5.74) is 0.947. The molecule has 0 unspecified atom stereocenters. The Balaban J connectivity index is 2.10. The van der Waals surface area contributed by atoms with Crippen LogP contribution < -0.4 is 5.32 Å². The van der Waals surface area contributed by atoms with Crippen LogP contribution in [0.4, 0.5) is 5.69 Å². The van der Waals surface area contributed by atoms with E-state index in [1.54, 1.807) is 6.20 Å². The first-order valence-corrected chi connectivity index (χ1v) is 5.71. The van der Waals surface area contributed by atoms with Gasteiger partial charge in [0.05, 0.1) is 17.4 Å². The van der Waals surface area contributed by atoms with Crippen molar-refractivity contribution in [1.82, 2.24) is 4.98 Å². The summed E-state index contributed by atoms with van der Waals surface area (Å²) < 4.78 is 0. The standard InChI is InChI=1S/C12H16N2O2/c15-12(16)10-6-7-13-8-11(10)14-9-4-2-1-3-5-9/h6-9,14H,1-5H2,(H,15,16). The van der Waals surface area contributed by atoms with E-state index in [0.29, 0.717) is 17.3 Å². The lowest BCUT2D eigenvalue weighted by atomic mass is 9.95. The molecule has 1 aromatic rings. The maximum Gasteiger partial charge on any atom is 0.337 e. The molecular weight excluding hydrogens is 204 g/mol. The molecule has 0 amide bonds. The van der Waals surface area contributed by atoms with Crippen LogP contribution >= 0.6 is 0 Å². The molecule has 2 N–H and O–H groups in total. The minimum atomic E-state index is -0.902. The third kappa shape index (κ3) is 2.51. The van der Waals surface area contributed by atoms with Crippen molar-refractivity contribution >= 4 is 11.7 Å². The summed E-state index contributed by atoms with van der Waals surface area (Å²) >= 11 is 0. The maximum absolute atomic E-state index is 11.0. The Morgan fingerprint density at radius 2 is 2.12 bits per heavy atom. The SMILES string of the molecule is O=C(O)c1ccncc1NC1CCCCC1. The van der Waals surface area contributed by atoms with E-state index in [2.05, 4.69) is 10.3 Å². The molecule has 1 saturated carbocycles. The molecule has 0 bridgehead atoms. The van der Waals surface area contributed by atoms with Gasteiger partial charge in [0.2, 0.25) is 0 Å². The second-order valence-electron chi connectivity index (χ2n) is 4.21. The van der Waals surface area contributed by atoms with E-state index in [9.17, 15) is 4.79 Å². The zero-order valence-electron chi connectivity index (χ0n) is 9.15. The van der Waals surface area contributed by atoms with Gasteiger partial charge < -0.3 is 10.4 Å². The quantitative estimate of drug-likeness (QED) is 0.821. The van der Waals surface area contributed by atoms with E-state index >= 15 is 0 Å².